The van der Waals surface area contributed by atoms with Gasteiger partial charge in [0.25, 0.3) is 0 Å². The second-order valence-electron chi connectivity index (χ2n) is 9.64. The lowest BCUT2D eigenvalue weighted by molar-refractivity contribution is -0.137. The number of aromatic hydroxyl groups is 1. The molecule has 0 unspecified atom stereocenters. The number of ether oxygens (including phenoxy) is 1. The lowest BCUT2D eigenvalue weighted by Crippen LogP contribution is -2.13. The molecule has 0 radical (unpaired) electrons. The van der Waals surface area contributed by atoms with E-state index in [1.165, 1.54) is 10.6 Å². The van der Waals surface area contributed by atoms with Gasteiger partial charge >= 0.3 is 13.8 Å². The van der Waals surface area contributed by atoms with E-state index in [0.29, 0.717) is 28.6 Å². The largest absolute Gasteiger partial charge is 0.494 e. The number of anilines is 4. The van der Waals surface area contributed by atoms with Crippen molar-refractivity contribution in [3.63, 3.8) is 0 Å². The van der Waals surface area contributed by atoms with Crippen molar-refractivity contribution in [3.8, 4) is 11.6 Å². The third-order valence-corrected chi connectivity index (χ3v) is 8.09. The fraction of sp³-hybridized carbons (Fsp3) is 0.357. The van der Waals surface area contributed by atoms with Crippen LogP contribution in [0.5, 0.6) is 11.6 Å². The first-order valence-corrected chi connectivity index (χ1v) is 15.0. The van der Waals surface area contributed by atoms with E-state index in [1.807, 2.05) is 13.8 Å². The van der Waals surface area contributed by atoms with Gasteiger partial charge in [0.15, 0.2) is 0 Å². The van der Waals surface area contributed by atoms with E-state index in [0.717, 1.165) is 0 Å². The minimum absolute atomic E-state index is 0.0710. The molecule has 42 heavy (non-hydrogen) atoms. The maximum absolute atomic E-state index is 13.9. The van der Waals surface area contributed by atoms with Gasteiger partial charge in [0, 0.05) is 30.5 Å². The van der Waals surface area contributed by atoms with Gasteiger partial charge in [0.05, 0.1) is 36.6 Å². The topological polar surface area (TPSA) is 120 Å². The Hall–Kier alpha value is -3.80. The van der Waals surface area contributed by atoms with Crippen LogP contribution in [0.1, 0.15) is 38.8 Å². The zero-order chi connectivity index (χ0) is 30.7. The van der Waals surface area contributed by atoms with E-state index < -0.39 is 25.2 Å². The highest BCUT2D eigenvalue weighted by Crippen LogP contribution is 2.51. The first-order valence-electron chi connectivity index (χ1n) is 13.3. The van der Waals surface area contributed by atoms with Crippen molar-refractivity contribution in [2.75, 3.05) is 23.8 Å². The van der Waals surface area contributed by atoms with E-state index in [2.05, 4.69) is 20.6 Å². The number of nitrogens with one attached hydrogen (secondary N) is 2. The van der Waals surface area contributed by atoms with Crippen LogP contribution in [0, 0.1) is 0 Å². The van der Waals surface area contributed by atoms with Gasteiger partial charge in [-0.1, -0.05) is 12.1 Å². The van der Waals surface area contributed by atoms with Crippen molar-refractivity contribution in [3.05, 3.63) is 59.9 Å². The van der Waals surface area contributed by atoms with Crippen molar-refractivity contribution >= 4 is 41.5 Å². The molecule has 0 amide bonds. The summed E-state index contributed by atoms with van der Waals surface area (Å²) in [7, 11) is -1.69. The Morgan fingerprint density at radius 1 is 1.05 bits per heavy atom. The van der Waals surface area contributed by atoms with Gasteiger partial charge in [-0.05, 0) is 57.5 Å². The smallest absolute Gasteiger partial charge is 0.421 e. The Morgan fingerprint density at radius 3 is 2.31 bits per heavy atom. The number of benzene rings is 2. The standard InChI is InChI=1S/C28H33F3N5O5P/c1-6-39-42(38,40-7-2)16-18-8-10-19(11-9-18)33-27-32-14-21(28(29,30)31)25(35-27)34-22-12-13-23(41-17(3)4)20-15-36(5)26(37)24(20)22/h8-15,17,37H,6-7,16H2,1-5H3,(H2,32,33,34,35). The first-order chi connectivity index (χ1) is 19.8. The Balaban J connectivity index is 1.64. The van der Waals surface area contributed by atoms with Crippen molar-refractivity contribution in [1.82, 2.24) is 14.5 Å². The number of alkyl halides is 3. The molecule has 0 fully saturated rings. The predicted octanol–water partition coefficient (Wildman–Crippen LogP) is 7.73. The molecule has 0 spiro atoms. The number of fused-ring (bicyclic) bond motifs is 1. The lowest BCUT2D eigenvalue weighted by Gasteiger charge is -2.17. The van der Waals surface area contributed by atoms with Gasteiger partial charge in [-0.25, -0.2) is 4.98 Å². The van der Waals surface area contributed by atoms with Crippen LogP contribution in [0.25, 0.3) is 10.8 Å². The van der Waals surface area contributed by atoms with Gasteiger partial charge in [0.2, 0.25) is 11.8 Å². The van der Waals surface area contributed by atoms with Crippen LogP contribution in [0.3, 0.4) is 0 Å². The van der Waals surface area contributed by atoms with Gasteiger partial charge in [0.1, 0.15) is 17.1 Å². The number of hydrogen-bond acceptors (Lipinski definition) is 9. The van der Waals surface area contributed by atoms with Crippen LogP contribution in [-0.2, 0) is 33.0 Å². The van der Waals surface area contributed by atoms with Crippen LogP contribution in [0.2, 0.25) is 0 Å². The molecule has 4 rings (SSSR count). The highest BCUT2D eigenvalue weighted by molar-refractivity contribution is 7.53. The minimum atomic E-state index is -4.75. The van der Waals surface area contributed by atoms with Crippen molar-refractivity contribution in [2.24, 2.45) is 7.05 Å². The lowest BCUT2D eigenvalue weighted by atomic mass is 10.1. The summed E-state index contributed by atoms with van der Waals surface area (Å²) in [6.45, 7) is 7.63. The molecule has 2 heterocycles. The van der Waals surface area contributed by atoms with E-state index >= 15 is 0 Å². The summed E-state index contributed by atoms with van der Waals surface area (Å²) in [6.07, 6.45) is -2.52. The number of aromatic nitrogens is 3. The zero-order valence-electron chi connectivity index (χ0n) is 23.8. The molecule has 0 aliphatic heterocycles. The molecule has 0 aliphatic carbocycles. The Bertz CT molecular complexity index is 1580. The molecular weight excluding hydrogens is 574 g/mol. The van der Waals surface area contributed by atoms with Crippen molar-refractivity contribution in [2.45, 2.75) is 46.1 Å². The molecule has 0 aliphatic rings. The Morgan fingerprint density at radius 2 is 1.71 bits per heavy atom. The van der Waals surface area contributed by atoms with Gasteiger partial charge in [-0.15, -0.1) is 0 Å². The third kappa shape index (κ3) is 7.15. The average molecular weight is 608 g/mol. The van der Waals surface area contributed by atoms with Gasteiger partial charge in [-0.2, -0.15) is 18.2 Å². The number of halogens is 3. The highest BCUT2D eigenvalue weighted by atomic mass is 31.2. The maximum atomic E-state index is 13.9. The number of aryl methyl sites for hydroxylation is 1. The summed E-state index contributed by atoms with van der Waals surface area (Å²) < 4.78 is 72.6. The number of rotatable bonds is 12. The first kappa shape index (κ1) is 31.1. The number of hydrogen-bond donors (Lipinski definition) is 3. The van der Waals surface area contributed by atoms with Crippen LogP contribution >= 0.6 is 7.60 Å². The summed E-state index contributed by atoms with van der Waals surface area (Å²) in [5, 5.41) is 17.2. The van der Waals surface area contributed by atoms with Gasteiger partial charge in [-0.3, -0.25) is 4.57 Å². The molecule has 226 valence electrons. The van der Waals surface area contributed by atoms with E-state index in [1.54, 1.807) is 57.4 Å². The summed E-state index contributed by atoms with van der Waals surface area (Å²) >= 11 is 0. The summed E-state index contributed by atoms with van der Waals surface area (Å²) in [4.78, 5) is 7.98. The van der Waals surface area contributed by atoms with Crippen molar-refractivity contribution < 1.29 is 36.6 Å². The van der Waals surface area contributed by atoms with Gasteiger partial charge < -0.3 is 34.1 Å². The quantitative estimate of drug-likeness (QED) is 0.139. The maximum Gasteiger partial charge on any atom is 0.421 e. The number of nitrogens with zero attached hydrogens (tertiary/aromatic N) is 3. The van der Waals surface area contributed by atoms with Crippen molar-refractivity contribution in [1.29, 1.82) is 0 Å². The molecule has 2 aromatic carbocycles. The highest BCUT2D eigenvalue weighted by Gasteiger charge is 2.36. The van der Waals surface area contributed by atoms with Crippen LogP contribution in [0.4, 0.5) is 36.3 Å². The molecular formula is C28H33F3N5O5P. The SMILES string of the molecule is CCOP(=O)(Cc1ccc(Nc2ncc(C(F)(F)F)c(Nc3ccc(OC(C)C)c4cn(C)c(O)c34)n2)cc1)OCC. The predicted molar refractivity (Wildman–Crippen MR) is 155 cm³/mol. The molecule has 14 heteroatoms. The monoisotopic (exact) mass is 607 g/mol. The average Bonchev–Trinajstić information content (AvgIpc) is 3.21. The molecule has 0 bridgehead atoms. The Kier molecular flexibility index (Phi) is 9.34. The summed E-state index contributed by atoms with van der Waals surface area (Å²) in [5.74, 6) is -0.278. The zero-order valence-corrected chi connectivity index (χ0v) is 24.7. The fourth-order valence-corrected chi connectivity index (χ4v) is 6.00. The molecule has 0 saturated heterocycles. The van der Waals surface area contributed by atoms with Crippen LogP contribution in [0.15, 0.2) is 48.8 Å². The minimum Gasteiger partial charge on any atom is -0.494 e. The second kappa shape index (κ2) is 12.6. The fourth-order valence-electron chi connectivity index (χ4n) is 4.30. The molecule has 3 N–H and O–H groups in total. The van der Waals surface area contributed by atoms with Crippen LogP contribution < -0.4 is 15.4 Å². The third-order valence-electron chi connectivity index (χ3n) is 6.03. The van der Waals surface area contributed by atoms with Crippen LogP contribution in [-0.4, -0.2) is 39.0 Å². The molecule has 4 aromatic rings. The summed E-state index contributed by atoms with van der Waals surface area (Å²) in [6, 6.07) is 9.86. The van der Waals surface area contributed by atoms with E-state index in [4.69, 9.17) is 13.8 Å². The molecule has 0 saturated carbocycles. The molecule has 2 aromatic heterocycles. The molecule has 0 atom stereocenters. The summed E-state index contributed by atoms with van der Waals surface area (Å²) in [5.41, 5.74) is 0.298. The second-order valence-corrected chi connectivity index (χ2v) is 11.7. The molecule has 10 nitrogen and oxygen atoms in total. The van der Waals surface area contributed by atoms with E-state index in [-0.39, 0.29) is 48.4 Å². The van der Waals surface area contributed by atoms with E-state index in [9.17, 15) is 22.8 Å². The Labute approximate surface area is 241 Å². The normalized spacial score (nSPS) is 12.2.